The Morgan fingerprint density at radius 1 is 1.07 bits per heavy atom. The molecule has 2 aliphatic rings. The van der Waals surface area contributed by atoms with Crippen molar-refractivity contribution in [3.05, 3.63) is 53.1 Å². The van der Waals surface area contributed by atoms with E-state index in [1.165, 1.54) is 41.9 Å². The quantitative estimate of drug-likeness (QED) is 0.751. The van der Waals surface area contributed by atoms with E-state index in [9.17, 15) is 4.79 Å². The van der Waals surface area contributed by atoms with Crippen molar-refractivity contribution < 1.29 is 4.79 Å². The van der Waals surface area contributed by atoms with Crippen LogP contribution in [0.2, 0.25) is 0 Å². The minimum absolute atomic E-state index is 0.102. The first-order chi connectivity index (χ1) is 13.3. The molecule has 0 spiro atoms. The van der Waals surface area contributed by atoms with Crippen molar-refractivity contribution in [3.63, 3.8) is 0 Å². The van der Waals surface area contributed by atoms with Crippen molar-refractivity contribution in [2.24, 2.45) is 0 Å². The second kappa shape index (κ2) is 7.02. The molecule has 138 valence electrons. The predicted molar refractivity (Wildman–Crippen MR) is 108 cm³/mol. The van der Waals surface area contributed by atoms with Crippen LogP contribution in [0.25, 0.3) is 10.2 Å². The highest BCUT2D eigenvalue weighted by atomic mass is 32.1. The van der Waals surface area contributed by atoms with Crippen molar-refractivity contribution in [3.8, 4) is 0 Å². The molecule has 0 radical (unpaired) electrons. The summed E-state index contributed by atoms with van der Waals surface area (Å²) in [6.07, 6.45) is 6.26. The minimum Gasteiger partial charge on any atom is -0.322 e. The third-order valence-corrected chi connectivity index (χ3v) is 6.61. The Bertz CT molecular complexity index is 995. The van der Waals surface area contributed by atoms with E-state index < -0.39 is 0 Å². The van der Waals surface area contributed by atoms with Crippen molar-refractivity contribution in [2.45, 2.75) is 38.1 Å². The van der Waals surface area contributed by atoms with Gasteiger partial charge in [0.2, 0.25) is 0 Å². The molecule has 5 nitrogen and oxygen atoms in total. The first kappa shape index (κ1) is 16.8. The van der Waals surface area contributed by atoms with Crippen LogP contribution in [0.5, 0.6) is 0 Å². The van der Waals surface area contributed by atoms with Crippen LogP contribution >= 0.6 is 11.5 Å². The van der Waals surface area contributed by atoms with Gasteiger partial charge in [0.1, 0.15) is 5.52 Å². The number of anilines is 1. The Hall–Kier alpha value is -2.31. The van der Waals surface area contributed by atoms with E-state index in [0.717, 1.165) is 47.9 Å². The zero-order valence-electron chi connectivity index (χ0n) is 15.1. The number of carbonyl (C=O) groups excluding carboxylic acids is 1. The first-order valence-corrected chi connectivity index (χ1v) is 10.4. The van der Waals surface area contributed by atoms with Gasteiger partial charge in [-0.2, -0.15) is 0 Å². The average Bonchev–Trinajstić information content (AvgIpc) is 3.01. The number of nitrogens with one attached hydrogen (secondary N) is 1. The highest BCUT2D eigenvalue weighted by molar-refractivity contribution is 7.12. The lowest BCUT2D eigenvalue weighted by Gasteiger charge is -2.36. The normalized spacial score (nSPS) is 17.9. The number of hydrogen-bond donors (Lipinski definition) is 1. The number of nitrogens with zero attached hydrogens (tertiary/aromatic N) is 3. The molecule has 1 saturated carbocycles. The summed E-state index contributed by atoms with van der Waals surface area (Å²) in [5.74, 6) is -0.102. The van der Waals surface area contributed by atoms with E-state index >= 15 is 0 Å². The maximum Gasteiger partial charge on any atom is 0.255 e. The van der Waals surface area contributed by atoms with Gasteiger partial charge >= 0.3 is 0 Å². The summed E-state index contributed by atoms with van der Waals surface area (Å²) in [7, 11) is 0. The van der Waals surface area contributed by atoms with Gasteiger partial charge in [-0.1, -0.05) is 17.0 Å². The molecule has 0 bridgehead atoms. The highest BCUT2D eigenvalue weighted by Crippen LogP contribution is 2.28. The van der Waals surface area contributed by atoms with Gasteiger partial charge in [-0.15, -0.1) is 5.10 Å². The largest absolute Gasteiger partial charge is 0.322 e. The number of benzene rings is 2. The first-order valence-electron chi connectivity index (χ1n) is 9.65. The zero-order valence-corrected chi connectivity index (χ0v) is 16.0. The van der Waals surface area contributed by atoms with Crippen LogP contribution < -0.4 is 5.32 Å². The molecule has 0 atom stereocenters. The van der Waals surface area contributed by atoms with Gasteiger partial charge in [0, 0.05) is 30.4 Å². The van der Waals surface area contributed by atoms with Gasteiger partial charge in [-0.3, -0.25) is 9.69 Å². The van der Waals surface area contributed by atoms with E-state index in [2.05, 4.69) is 31.9 Å². The highest BCUT2D eigenvalue weighted by Gasteiger charge is 2.26. The smallest absolute Gasteiger partial charge is 0.255 e. The Balaban J connectivity index is 1.31. The van der Waals surface area contributed by atoms with Crippen molar-refractivity contribution in [2.75, 3.05) is 18.4 Å². The summed E-state index contributed by atoms with van der Waals surface area (Å²) in [5.41, 5.74) is 5.04. The van der Waals surface area contributed by atoms with Crippen LogP contribution in [-0.2, 0) is 12.8 Å². The second-order valence-electron chi connectivity index (χ2n) is 7.51. The summed E-state index contributed by atoms with van der Waals surface area (Å²) in [4.78, 5) is 15.3. The molecular formula is C21H22N4OS. The summed E-state index contributed by atoms with van der Waals surface area (Å²) in [6.45, 7) is 2.29. The van der Waals surface area contributed by atoms with Gasteiger partial charge in [-0.05, 0) is 78.7 Å². The second-order valence-corrected chi connectivity index (χ2v) is 8.30. The van der Waals surface area contributed by atoms with Gasteiger partial charge in [0.25, 0.3) is 5.91 Å². The number of aromatic nitrogens is 2. The molecule has 1 aliphatic heterocycles. The van der Waals surface area contributed by atoms with Crippen molar-refractivity contribution in [1.29, 1.82) is 0 Å². The Kier molecular flexibility index (Phi) is 4.38. The number of amides is 1. The SMILES string of the molecule is O=C(Nc1ccc2c(c1)CCN(C1CCC1)CC2)c1ccc2snnc2c1. The lowest BCUT2D eigenvalue weighted by atomic mass is 9.91. The Morgan fingerprint density at radius 2 is 1.93 bits per heavy atom. The molecule has 5 rings (SSSR count). The molecule has 1 fully saturated rings. The van der Waals surface area contributed by atoms with Gasteiger partial charge < -0.3 is 5.32 Å². The molecule has 3 aromatic rings. The third-order valence-electron chi connectivity index (χ3n) is 5.90. The molecule has 0 unspecified atom stereocenters. The molecule has 6 heteroatoms. The fourth-order valence-electron chi connectivity index (χ4n) is 4.06. The Labute approximate surface area is 162 Å². The maximum absolute atomic E-state index is 12.6. The summed E-state index contributed by atoms with van der Waals surface area (Å²) in [6, 6.07) is 12.7. The van der Waals surface area contributed by atoms with E-state index in [4.69, 9.17) is 0 Å². The number of fused-ring (bicyclic) bond motifs is 2. The van der Waals surface area contributed by atoms with Crippen LogP contribution in [0.15, 0.2) is 36.4 Å². The summed E-state index contributed by atoms with van der Waals surface area (Å²) >= 11 is 1.34. The van der Waals surface area contributed by atoms with Crippen molar-refractivity contribution >= 4 is 33.3 Å². The monoisotopic (exact) mass is 378 g/mol. The van der Waals surface area contributed by atoms with Crippen LogP contribution in [0.3, 0.4) is 0 Å². The lowest BCUT2D eigenvalue weighted by Crippen LogP contribution is -2.41. The Morgan fingerprint density at radius 3 is 2.74 bits per heavy atom. The van der Waals surface area contributed by atoms with Crippen LogP contribution in [-0.4, -0.2) is 39.5 Å². The molecule has 2 heterocycles. The van der Waals surface area contributed by atoms with Crippen LogP contribution in [0.1, 0.15) is 40.7 Å². The molecule has 1 aromatic heterocycles. The number of carbonyl (C=O) groups is 1. The van der Waals surface area contributed by atoms with Gasteiger partial charge in [-0.25, -0.2) is 0 Å². The third kappa shape index (κ3) is 3.35. The van der Waals surface area contributed by atoms with Crippen LogP contribution in [0, 0.1) is 0 Å². The topological polar surface area (TPSA) is 58.1 Å². The average molecular weight is 379 g/mol. The van der Waals surface area contributed by atoms with E-state index in [-0.39, 0.29) is 5.91 Å². The molecule has 1 N–H and O–H groups in total. The van der Waals surface area contributed by atoms with E-state index in [0.29, 0.717) is 5.56 Å². The number of hydrogen-bond acceptors (Lipinski definition) is 5. The molecule has 0 saturated heterocycles. The summed E-state index contributed by atoms with van der Waals surface area (Å²) in [5, 5.41) is 7.10. The van der Waals surface area contributed by atoms with Gasteiger partial charge in [0.05, 0.1) is 4.70 Å². The fourth-order valence-corrected chi connectivity index (χ4v) is 4.60. The predicted octanol–water partition coefficient (Wildman–Crippen LogP) is 3.90. The standard InChI is InChI=1S/C21H22N4OS/c26-21(16-5-7-20-19(13-16)23-24-27-20)22-17-6-4-14-8-10-25(18-2-1-3-18)11-9-15(14)12-17/h4-7,12-13,18H,1-3,8-11H2,(H,22,26). The molecule has 1 aliphatic carbocycles. The lowest BCUT2D eigenvalue weighted by molar-refractivity contribution is 0.102. The zero-order chi connectivity index (χ0) is 18.2. The van der Waals surface area contributed by atoms with Gasteiger partial charge in [0.15, 0.2) is 0 Å². The van der Waals surface area contributed by atoms with E-state index in [1.807, 2.05) is 18.2 Å². The summed E-state index contributed by atoms with van der Waals surface area (Å²) < 4.78 is 4.92. The maximum atomic E-state index is 12.6. The van der Waals surface area contributed by atoms with Crippen LogP contribution in [0.4, 0.5) is 5.69 Å². The minimum atomic E-state index is -0.102. The number of rotatable bonds is 3. The molecule has 27 heavy (non-hydrogen) atoms. The fraction of sp³-hybridized carbons (Fsp3) is 0.381. The van der Waals surface area contributed by atoms with E-state index in [1.54, 1.807) is 6.07 Å². The molecule has 1 amide bonds. The molecule has 2 aromatic carbocycles. The van der Waals surface area contributed by atoms with Crippen molar-refractivity contribution in [1.82, 2.24) is 14.5 Å². The molecular weight excluding hydrogens is 356 g/mol.